The Morgan fingerprint density at radius 3 is 2.32 bits per heavy atom. The van der Waals surface area contributed by atoms with Crippen molar-refractivity contribution in [3.05, 3.63) is 71.0 Å². The molecule has 8 heteroatoms. The van der Waals surface area contributed by atoms with Gasteiger partial charge in [0.1, 0.15) is 5.82 Å². The Morgan fingerprint density at radius 1 is 1.00 bits per heavy atom. The third-order valence-electron chi connectivity index (χ3n) is 7.13. The second-order valence-electron chi connectivity index (χ2n) is 9.41. The Balaban J connectivity index is 1.27. The lowest BCUT2D eigenvalue weighted by atomic mass is 9.82. The number of piperidine rings is 1. The monoisotopic (exact) mass is 473 g/mol. The highest BCUT2D eigenvalue weighted by Crippen LogP contribution is 2.40. The van der Waals surface area contributed by atoms with Gasteiger partial charge in [-0.15, -0.1) is 0 Å². The summed E-state index contributed by atoms with van der Waals surface area (Å²) in [5.41, 5.74) is 7.49. The highest BCUT2D eigenvalue weighted by Gasteiger charge is 2.44. The number of hydrogen-bond acceptors (Lipinski definition) is 3. The molecule has 2 aromatic carbocycles. The first-order valence-electron chi connectivity index (χ1n) is 11.8. The zero-order valence-electron chi connectivity index (χ0n) is 19.0. The van der Waals surface area contributed by atoms with Crippen LogP contribution in [-0.2, 0) is 22.4 Å². The van der Waals surface area contributed by atoms with Gasteiger partial charge in [0.15, 0.2) is 11.6 Å². The zero-order valence-corrected chi connectivity index (χ0v) is 19.0. The second-order valence-corrected chi connectivity index (χ2v) is 9.41. The molecule has 0 spiro atoms. The first-order valence-corrected chi connectivity index (χ1v) is 11.8. The molecule has 0 radical (unpaired) electrons. The van der Waals surface area contributed by atoms with Crippen molar-refractivity contribution in [1.82, 2.24) is 10.2 Å². The molecule has 2 saturated heterocycles. The lowest BCUT2D eigenvalue weighted by Gasteiger charge is -2.41. The molecular formula is C26H30F3N3O2. The number of rotatable bonds is 8. The van der Waals surface area contributed by atoms with Crippen LogP contribution in [0.25, 0.3) is 0 Å². The van der Waals surface area contributed by atoms with Gasteiger partial charge in [-0.25, -0.2) is 13.2 Å². The molecule has 34 heavy (non-hydrogen) atoms. The summed E-state index contributed by atoms with van der Waals surface area (Å²) in [7, 11) is 0. The molecule has 2 amide bonds. The van der Waals surface area contributed by atoms with E-state index in [2.05, 4.69) is 5.32 Å². The van der Waals surface area contributed by atoms with Crippen LogP contribution in [-0.4, -0.2) is 41.4 Å². The summed E-state index contributed by atoms with van der Waals surface area (Å²) in [5.74, 6) is -3.31. The van der Waals surface area contributed by atoms with Gasteiger partial charge in [0, 0.05) is 30.6 Å². The summed E-state index contributed by atoms with van der Waals surface area (Å²) >= 11 is 0. The lowest BCUT2D eigenvalue weighted by molar-refractivity contribution is -0.137. The standard InChI is InChI=1S/C26H30F3N3O2/c27-21-14-23(29)22(28)12-17(21)13-24(30)18-10-19-7-8-20(11-18)32(19)26(34)15-31-25(33)9-6-16-4-2-1-3-5-16/h1-5,12,14,18-20,24H,6-11,13,15,30H2,(H,31,33)/t18-,19+,20-,24-/m1/s1. The van der Waals surface area contributed by atoms with E-state index in [9.17, 15) is 22.8 Å². The van der Waals surface area contributed by atoms with E-state index in [0.29, 0.717) is 31.7 Å². The largest absolute Gasteiger partial charge is 0.347 e. The maximum Gasteiger partial charge on any atom is 0.242 e. The Labute approximate surface area is 197 Å². The van der Waals surface area contributed by atoms with Crippen molar-refractivity contribution < 1.29 is 22.8 Å². The fourth-order valence-corrected chi connectivity index (χ4v) is 5.37. The van der Waals surface area contributed by atoms with E-state index >= 15 is 0 Å². The topological polar surface area (TPSA) is 75.4 Å². The number of fused-ring (bicyclic) bond motifs is 2. The van der Waals surface area contributed by atoms with E-state index in [1.54, 1.807) is 0 Å². The molecule has 2 aromatic rings. The molecule has 2 fully saturated rings. The molecular weight excluding hydrogens is 443 g/mol. The lowest BCUT2D eigenvalue weighted by Crippen LogP contribution is -2.52. The Morgan fingerprint density at radius 2 is 1.65 bits per heavy atom. The Hall–Kier alpha value is -2.87. The van der Waals surface area contributed by atoms with Gasteiger partial charge in [0.2, 0.25) is 11.8 Å². The third kappa shape index (κ3) is 5.60. The SMILES string of the molecule is N[C@H](Cc1cc(F)c(F)cc1F)[C@H]1C[C@H]2CC[C@@H](C1)N2C(=O)CNC(=O)CCc1ccccc1. The third-order valence-corrected chi connectivity index (χ3v) is 7.13. The van der Waals surface area contributed by atoms with E-state index in [1.807, 2.05) is 35.2 Å². The molecule has 4 rings (SSSR count). The minimum absolute atomic E-state index is 0.0262. The van der Waals surface area contributed by atoms with Crippen molar-refractivity contribution in [3.8, 4) is 0 Å². The van der Waals surface area contributed by atoms with Gasteiger partial charge >= 0.3 is 0 Å². The normalized spacial score (nSPS) is 22.5. The van der Waals surface area contributed by atoms with Crippen LogP contribution in [0.5, 0.6) is 0 Å². The minimum atomic E-state index is -1.22. The molecule has 0 aromatic heterocycles. The summed E-state index contributed by atoms with van der Waals surface area (Å²) < 4.78 is 40.8. The van der Waals surface area contributed by atoms with Crippen LogP contribution in [0.3, 0.4) is 0 Å². The van der Waals surface area contributed by atoms with E-state index in [4.69, 9.17) is 5.73 Å². The maximum absolute atomic E-state index is 14.0. The molecule has 0 saturated carbocycles. The molecule has 0 unspecified atom stereocenters. The predicted molar refractivity (Wildman–Crippen MR) is 122 cm³/mol. The van der Waals surface area contributed by atoms with Crippen LogP contribution < -0.4 is 11.1 Å². The fraction of sp³-hybridized carbons (Fsp3) is 0.462. The molecule has 4 atom stereocenters. The average Bonchev–Trinajstić information content (AvgIpc) is 3.09. The fourth-order valence-electron chi connectivity index (χ4n) is 5.37. The summed E-state index contributed by atoms with van der Waals surface area (Å²) in [6.07, 6.45) is 4.13. The number of nitrogens with one attached hydrogen (secondary N) is 1. The van der Waals surface area contributed by atoms with Crippen molar-refractivity contribution in [2.45, 2.75) is 63.1 Å². The van der Waals surface area contributed by atoms with Gasteiger partial charge in [0.05, 0.1) is 6.54 Å². The number of carbonyl (C=O) groups excluding carboxylic acids is 2. The van der Waals surface area contributed by atoms with Crippen molar-refractivity contribution in [3.63, 3.8) is 0 Å². The highest BCUT2D eigenvalue weighted by molar-refractivity contribution is 5.85. The number of halogens is 3. The van der Waals surface area contributed by atoms with E-state index < -0.39 is 23.5 Å². The Bertz CT molecular complexity index is 1020. The summed E-state index contributed by atoms with van der Waals surface area (Å²) in [6.45, 7) is -0.0303. The van der Waals surface area contributed by atoms with Gasteiger partial charge < -0.3 is 16.0 Å². The molecule has 2 bridgehead atoms. The van der Waals surface area contributed by atoms with Crippen molar-refractivity contribution >= 4 is 11.8 Å². The molecule has 2 heterocycles. The van der Waals surface area contributed by atoms with Gasteiger partial charge in [-0.3, -0.25) is 9.59 Å². The summed E-state index contributed by atoms with van der Waals surface area (Å²) in [6, 6.07) is 10.8. The van der Waals surface area contributed by atoms with E-state index in [-0.39, 0.29) is 48.3 Å². The van der Waals surface area contributed by atoms with Crippen LogP contribution in [0.2, 0.25) is 0 Å². The Kier molecular flexibility index (Phi) is 7.56. The minimum Gasteiger partial charge on any atom is -0.347 e. The van der Waals surface area contributed by atoms with Crippen molar-refractivity contribution in [2.24, 2.45) is 11.7 Å². The van der Waals surface area contributed by atoms with Crippen LogP contribution in [0.1, 0.15) is 43.2 Å². The van der Waals surface area contributed by atoms with Crippen molar-refractivity contribution in [1.29, 1.82) is 0 Å². The van der Waals surface area contributed by atoms with E-state index in [1.165, 1.54) is 0 Å². The number of amides is 2. The van der Waals surface area contributed by atoms with Crippen molar-refractivity contribution in [2.75, 3.05) is 6.54 Å². The highest BCUT2D eigenvalue weighted by atomic mass is 19.2. The second kappa shape index (κ2) is 10.6. The number of nitrogens with two attached hydrogens (primary N) is 1. The molecule has 3 N–H and O–H groups in total. The molecule has 0 aliphatic carbocycles. The molecule has 2 aliphatic rings. The van der Waals surface area contributed by atoms with Crippen LogP contribution >= 0.6 is 0 Å². The zero-order chi connectivity index (χ0) is 24.2. The maximum atomic E-state index is 14.0. The predicted octanol–water partition coefficient (Wildman–Crippen LogP) is 3.49. The number of aryl methyl sites for hydroxylation is 1. The molecule has 5 nitrogen and oxygen atoms in total. The van der Waals surface area contributed by atoms with Crippen LogP contribution in [0.4, 0.5) is 13.2 Å². The van der Waals surface area contributed by atoms with Gasteiger partial charge in [-0.05, 0) is 61.6 Å². The smallest absolute Gasteiger partial charge is 0.242 e. The number of carbonyl (C=O) groups is 2. The summed E-state index contributed by atoms with van der Waals surface area (Å²) in [4.78, 5) is 26.9. The first-order chi connectivity index (χ1) is 16.3. The van der Waals surface area contributed by atoms with Gasteiger partial charge in [-0.2, -0.15) is 0 Å². The molecule has 2 aliphatic heterocycles. The number of benzene rings is 2. The quantitative estimate of drug-likeness (QED) is 0.577. The average molecular weight is 474 g/mol. The first kappa shape index (κ1) is 24.3. The van der Waals surface area contributed by atoms with E-state index in [0.717, 1.165) is 24.5 Å². The molecule has 182 valence electrons. The van der Waals surface area contributed by atoms with Gasteiger partial charge in [0.25, 0.3) is 0 Å². The van der Waals surface area contributed by atoms with Crippen LogP contribution in [0.15, 0.2) is 42.5 Å². The number of hydrogen-bond donors (Lipinski definition) is 2. The van der Waals surface area contributed by atoms with Crippen LogP contribution in [0, 0.1) is 23.4 Å². The van der Waals surface area contributed by atoms with Gasteiger partial charge in [-0.1, -0.05) is 30.3 Å². The number of nitrogens with zero attached hydrogens (tertiary/aromatic N) is 1. The summed E-state index contributed by atoms with van der Waals surface area (Å²) in [5, 5.41) is 2.74.